The molecule has 6 heteroatoms. The molecule has 0 aliphatic carbocycles. The fourth-order valence-corrected chi connectivity index (χ4v) is 9.72. The maximum absolute atomic E-state index is 13.3. The predicted molar refractivity (Wildman–Crippen MR) is 134 cm³/mol. The first kappa shape index (κ1) is 23.7. The molecule has 0 heterocycles. The second-order valence-electron chi connectivity index (χ2n) is 8.44. The van der Waals surface area contributed by atoms with Crippen molar-refractivity contribution in [2.75, 3.05) is 0 Å². The first-order valence-corrected chi connectivity index (χ1v) is 17.1. The zero-order valence-electron chi connectivity index (χ0n) is 18.5. The third-order valence-electron chi connectivity index (χ3n) is 5.15. The van der Waals surface area contributed by atoms with E-state index < -0.39 is 24.1 Å². The number of sulfonamides is 1. The van der Waals surface area contributed by atoms with Crippen LogP contribution in [0.3, 0.4) is 0 Å². The molecule has 0 aliphatic heterocycles. The van der Waals surface area contributed by atoms with Gasteiger partial charge in [0.2, 0.25) is 0 Å². The standard InChI is InChI=1S/C24H25NO2SSi.CH3.Al/c1-29(2,3)23(19-20-13-7-4-8-14-20)24(21-15-9-5-10-16-21)25-28(26,27)22-17-11-6-12-18-22;;/h4-18,24H,1-3H3;1H3;/q-1;;+1. The zero-order valence-corrected chi connectivity index (χ0v) is 21.5. The number of nitrogens with zero attached hydrogens (tertiary/aromatic N) is 1. The van der Waals surface area contributed by atoms with E-state index in [-0.39, 0.29) is 20.1 Å². The van der Waals surface area contributed by atoms with Gasteiger partial charge in [-0.25, -0.2) is 0 Å². The Balaban J connectivity index is 2.24. The average Bonchev–Trinajstić information content (AvgIpc) is 2.77. The Morgan fingerprint density at radius 1 is 0.806 bits per heavy atom. The van der Waals surface area contributed by atoms with Crippen molar-refractivity contribution in [3.8, 4) is 0 Å². The van der Waals surface area contributed by atoms with E-state index in [0.29, 0.717) is 0 Å². The molecule has 1 unspecified atom stereocenters. The van der Waals surface area contributed by atoms with Gasteiger partial charge < -0.3 is 0 Å². The van der Waals surface area contributed by atoms with Crippen LogP contribution in [0.15, 0.2) is 101 Å². The van der Waals surface area contributed by atoms with E-state index in [1.807, 2.05) is 54.6 Å². The fraction of sp³-hybridized carbons (Fsp3) is 0.200. The van der Waals surface area contributed by atoms with Crippen molar-refractivity contribution in [2.24, 2.45) is 0 Å². The van der Waals surface area contributed by atoms with E-state index >= 15 is 0 Å². The van der Waals surface area contributed by atoms with Crippen LogP contribution in [0, 0.1) is 0 Å². The Hall–Kier alpha value is -1.94. The van der Waals surface area contributed by atoms with Gasteiger partial charge in [0, 0.05) is 0 Å². The number of rotatable bonds is 8. The monoisotopic (exact) mass is 461 g/mol. The van der Waals surface area contributed by atoms with Gasteiger partial charge in [-0.05, 0) is 0 Å². The number of hydrogen-bond acceptors (Lipinski definition) is 2. The summed E-state index contributed by atoms with van der Waals surface area (Å²) in [5.41, 5.74) is 2.09. The van der Waals surface area contributed by atoms with Crippen molar-refractivity contribution in [1.82, 2.24) is 0 Å². The molecule has 0 aliphatic rings. The van der Waals surface area contributed by atoms with Crippen molar-refractivity contribution >= 4 is 37.8 Å². The van der Waals surface area contributed by atoms with E-state index in [1.54, 1.807) is 24.3 Å². The van der Waals surface area contributed by atoms with Gasteiger partial charge in [-0.2, -0.15) is 0 Å². The number of hydrogen-bond donors (Lipinski definition) is 0. The van der Waals surface area contributed by atoms with Gasteiger partial charge in [-0.1, -0.05) is 0 Å². The van der Waals surface area contributed by atoms with E-state index in [2.05, 4.69) is 42.3 Å². The van der Waals surface area contributed by atoms with Gasteiger partial charge in [0.05, 0.1) is 0 Å². The molecule has 3 aromatic rings. The first-order chi connectivity index (χ1) is 14.7. The second-order valence-corrected chi connectivity index (χ2v) is 16.3. The summed E-state index contributed by atoms with van der Waals surface area (Å²) >= 11 is -0.0356. The summed E-state index contributed by atoms with van der Waals surface area (Å²) in [4.78, 5) is 0.232. The van der Waals surface area contributed by atoms with Crippen LogP contribution in [0.5, 0.6) is 0 Å². The molecule has 0 saturated carbocycles. The molecule has 1 atom stereocenters. The Labute approximate surface area is 194 Å². The molecular formula is C25H28AlNO2SSi. The van der Waals surface area contributed by atoms with Crippen molar-refractivity contribution in [2.45, 2.75) is 36.4 Å². The molecule has 0 amide bonds. The van der Waals surface area contributed by atoms with E-state index in [0.717, 1.165) is 5.56 Å². The molecule has 0 bridgehead atoms. The summed E-state index contributed by atoms with van der Waals surface area (Å²) < 4.78 is 32.5. The van der Waals surface area contributed by atoms with Crippen molar-refractivity contribution in [3.05, 3.63) is 112 Å². The quantitative estimate of drug-likeness (QED) is 0.358. The topological polar surface area (TPSA) is 48.2 Å². The van der Waals surface area contributed by atoms with Crippen LogP contribution in [-0.4, -0.2) is 31.7 Å². The van der Waals surface area contributed by atoms with Gasteiger partial charge >= 0.3 is 195 Å². The molecular weight excluding hydrogens is 433 g/mol. The molecule has 158 valence electrons. The SMILES string of the molecule is [CH3][Al+]/[C](=C(\C([N-]S(=O)(=O)c1ccccc1)c1ccccc1)[Si](C)(C)C)c1ccccc1. The second kappa shape index (κ2) is 10.1. The Bertz CT molecular complexity index is 1130. The summed E-state index contributed by atoms with van der Waals surface area (Å²) in [6, 6.07) is 28.2. The molecule has 3 aromatic carbocycles. The third-order valence-corrected chi connectivity index (χ3v) is 10.2. The normalized spacial score (nSPS) is 13.8. The summed E-state index contributed by atoms with van der Waals surface area (Å²) in [6.45, 7) is 6.84. The molecule has 0 radical (unpaired) electrons. The van der Waals surface area contributed by atoms with Crippen LogP contribution in [0.4, 0.5) is 0 Å². The van der Waals surface area contributed by atoms with Crippen molar-refractivity contribution < 1.29 is 8.42 Å². The van der Waals surface area contributed by atoms with Crippen LogP contribution in [0.25, 0.3) is 9.16 Å². The molecule has 0 N–H and O–H groups in total. The molecule has 3 rings (SSSR count). The molecule has 0 saturated heterocycles. The minimum absolute atomic E-state index is 0.0356. The van der Waals surface area contributed by atoms with Gasteiger partial charge in [-0.15, -0.1) is 0 Å². The van der Waals surface area contributed by atoms with E-state index in [1.165, 1.54) is 15.2 Å². The van der Waals surface area contributed by atoms with E-state index in [9.17, 15) is 8.42 Å². The van der Waals surface area contributed by atoms with Gasteiger partial charge in [0.15, 0.2) is 0 Å². The Morgan fingerprint density at radius 3 is 1.77 bits per heavy atom. The Kier molecular flexibility index (Phi) is 7.74. The fourth-order valence-electron chi connectivity index (χ4n) is 3.76. The van der Waals surface area contributed by atoms with Crippen LogP contribution >= 0.6 is 0 Å². The van der Waals surface area contributed by atoms with E-state index in [4.69, 9.17) is 0 Å². The van der Waals surface area contributed by atoms with Crippen LogP contribution in [0.2, 0.25) is 25.4 Å². The van der Waals surface area contributed by atoms with Crippen molar-refractivity contribution in [3.63, 3.8) is 0 Å². The third kappa shape index (κ3) is 5.85. The van der Waals surface area contributed by atoms with Crippen molar-refractivity contribution in [1.29, 1.82) is 0 Å². The summed E-state index contributed by atoms with van der Waals surface area (Å²) in [5, 5.41) is 1.20. The predicted octanol–water partition coefficient (Wildman–Crippen LogP) is 6.53. The van der Waals surface area contributed by atoms with Gasteiger partial charge in [0.25, 0.3) is 0 Å². The summed E-state index contributed by atoms with van der Waals surface area (Å²) in [7, 11) is -5.77. The zero-order chi connectivity index (χ0) is 22.5. The average molecular weight is 462 g/mol. The Morgan fingerprint density at radius 2 is 1.29 bits per heavy atom. The van der Waals surface area contributed by atoms with Crippen LogP contribution in [-0.2, 0) is 10.0 Å². The minimum atomic E-state index is -3.81. The van der Waals surface area contributed by atoms with Crippen LogP contribution < -0.4 is 0 Å². The summed E-state index contributed by atoms with van der Waals surface area (Å²) in [6.07, 6.45) is 0. The number of benzene rings is 3. The summed E-state index contributed by atoms with van der Waals surface area (Å²) in [5.74, 6) is 2.22. The molecule has 0 spiro atoms. The maximum atomic E-state index is 13.3. The van der Waals surface area contributed by atoms with Gasteiger partial charge in [-0.3, -0.25) is 0 Å². The van der Waals surface area contributed by atoms with Crippen LogP contribution in [0.1, 0.15) is 17.2 Å². The molecule has 31 heavy (non-hydrogen) atoms. The van der Waals surface area contributed by atoms with Gasteiger partial charge in [0.1, 0.15) is 0 Å². The molecule has 0 aromatic heterocycles. The molecule has 3 nitrogen and oxygen atoms in total. The molecule has 0 fully saturated rings. The first-order valence-electron chi connectivity index (χ1n) is 10.4.